The molecule has 3 nitrogen and oxygen atoms in total. The van der Waals surface area contributed by atoms with E-state index in [-0.39, 0.29) is 0 Å². The number of carbonyl (C=O) groups excluding carboxylic acids is 1. The zero-order valence-corrected chi connectivity index (χ0v) is 27.3. The number of nitrogens with two attached hydrogens (primary N) is 1. The van der Waals surface area contributed by atoms with E-state index >= 15 is 0 Å². The lowest BCUT2D eigenvalue weighted by Crippen LogP contribution is -2.97. The van der Waals surface area contributed by atoms with Gasteiger partial charge in [0.1, 0.15) is 11.5 Å². The highest BCUT2D eigenvalue weighted by Gasteiger charge is 2.32. The van der Waals surface area contributed by atoms with E-state index in [1.165, 1.54) is 173 Å². The molecule has 0 aliphatic carbocycles. The Bertz CT molecular complexity index is 494. The molecule has 1 unspecified atom stereocenters. The van der Waals surface area contributed by atoms with E-state index < -0.39 is 11.5 Å². The van der Waals surface area contributed by atoms with Crippen LogP contribution in [-0.2, 0) is 4.79 Å². The van der Waals surface area contributed by atoms with Gasteiger partial charge in [-0.1, -0.05) is 187 Å². The van der Waals surface area contributed by atoms with Crippen LogP contribution in [0.1, 0.15) is 213 Å². The van der Waals surface area contributed by atoms with Gasteiger partial charge in [-0.3, -0.25) is 0 Å². The fourth-order valence-corrected chi connectivity index (χ4v) is 6.18. The van der Waals surface area contributed by atoms with E-state index in [0.717, 1.165) is 25.7 Å². The minimum absolute atomic E-state index is 0.701. The summed E-state index contributed by atoms with van der Waals surface area (Å²) in [5, 5.41) is 14.0. The highest BCUT2D eigenvalue weighted by Crippen LogP contribution is 2.21. The Hall–Kier alpha value is -0.570. The van der Waals surface area contributed by atoms with Crippen molar-refractivity contribution in [2.24, 2.45) is 0 Å². The molecule has 0 aromatic heterocycles. The number of unbranched alkanes of at least 4 members (excludes halogenated alkanes) is 27. The van der Waals surface area contributed by atoms with Crippen molar-refractivity contribution in [3.63, 3.8) is 0 Å². The maximum atomic E-state index is 12.1. The van der Waals surface area contributed by atoms with Crippen LogP contribution in [0.3, 0.4) is 0 Å². The topological polar surface area (TPSA) is 56.7 Å². The summed E-state index contributed by atoms with van der Waals surface area (Å²) in [6.45, 7) is 4.57. The molecule has 0 radical (unpaired) electrons. The second-order valence-electron chi connectivity index (χ2n) is 12.8. The van der Waals surface area contributed by atoms with E-state index in [4.69, 9.17) is 0 Å². The third kappa shape index (κ3) is 24.9. The number of likely N-dealkylation sites (N-methyl/N-ethyl adjacent to an activating group) is 1. The minimum atomic E-state index is -0.843. The normalized spacial score (nSPS) is 13.1. The third-order valence-corrected chi connectivity index (χ3v) is 9.16. The smallest absolute Gasteiger partial charge is 0.136 e. The summed E-state index contributed by atoms with van der Waals surface area (Å²) in [6, 6.07) is 0. The zero-order chi connectivity index (χ0) is 28.7. The van der Waals surface area contributed by atoms with E-state index in [1.54, 1.807) is 0 Å². The Balaban J connectivity index is 3.67. The molecule has 0 rings (SSSR count). The Kier molecular flexibility index (Phi) is 29.9. The largest absolute Gasteiger partial charge is 0.544 e. The molecular weight excluding hydrogens is 478 g/mol. The Morgan fingerprint density at radius 1 is 0.436 bits per heavy atom. The quantitative estimate of drug-likeness (QED) is 0.0825. The number of aliphatic carboxylic acids is 1. The van der Waals surface area contributed by atoms with E-state index in [1.807, 2.05) is 12.4 Å². The average molecular weight is 552 g/mol. The van der Waals surface area contributed by atoms with Crippen LogP contribution in [0.5, 0.6) is 0 Å². The zero-order valence-electron chi connectivity index (χ0n) is 27.3. The van der Waals surface area contributed by atoms with Crippen molar-refractivity contribution < 1.29 is 15.2 Å². The van der Waals surface area contributed by atoms with Gasteiger partial charge in [-0.25, -0.2) is 0 Å². The summed E-state index contributed by atoms with van der Waals surface area (Å²) >= 11 is 0. The molecule has 1 atom stereocenters. The fraction of sp³-hybridized carbons (Fsp3) is 0.972. The lowest BCUT2D eigenvalue weighted by atomic mass is 9.86. The van der Waals surface area contributed by atoms with Gasteiger partial charge < -0.3 is 15.2 Å². The molecule has 2 N–H and O–H groups in total. The molecular formula is C36H73NO2. The van der Waals surface area contributed by atoms with Crippen molar-refractivity contribution in [2.45, 2.75) is 218 Å². The van der Waals surface area contributed by atoms with Gasteiger partial charge in [0.15, 0.2) is 0 Å². The molecule has 0 saturated carbocycles. The SMILES string of the molecule is CCCCCCCCCCCCCCCCCC(CCCCCCCCCCCCCCCC)([NH2+]C)C(=O)[O-]. The summed E-state index contributed by atoms with van der Waals surface area (Å²) in [4.78, 5) is 12.1. The summed E-state index contributed by atoms with van der Waals surface area (Å²) in [6.07, 6.45) is 40.4. The van der Waals surface area contributed by atoms with Gasteiger partial charge in [-0.2, -0.15) is 0 Å². The standard InChI is InChI=1S/C36H73NO2/c1-4-6-8-10-12-14-16-18-20-22-24-26-28-30-32-34-36(37-3,35(38)39)33-31-29-27-25-23-21-19-17-15-13-11-9-7-5-2/h37H,4-34H2,1-3H3,(H,38,39). The van der Waals surface area contributed by atoms with Gasteiger partial charge in [0, 0.05) is 12.8 Å². The van der Waals surface area contributed by atoms with Gasteiger partial charge in [0.05, 0.1) is 7.05 Å². The van der Waals surface area contributed by atoms with Crippen LogP contribution in [0.15, 0.2) is 0 Å². The van der Waals surface area contributed by atoms with Crippen LogP contribution in [-0.4, -0.2) is 18.6 Å². The molecule has 0 fully saturated rings. The number of carbonyl (C=O) groups is 1. The monoisotopic (exact) mass is 552 g/mol. The number of quaternary nitrogens is 1. The molecule has 234 valence electrons. The number of rotatable bonds is 33. The van der Waals surface area contributed by atoms with Crippen molar-refractivity contribution in [2.75, 3.05) is 7.05 Å². The number of hydrogen-bond acceptors (Lipinski definition) is 2. The molecule has 0 bridgehead atoms. The van der Waals surface area contributed by atoms with Crippen LogP contribution in [0.2, 0.25) is 0 Å². The molecule has 0 aliphatic heterocycles. The van der Waals surface area contributed by atoms with Crippen LogP contribution in [0.25, 0.3) is 0 Å². The van der Waals surface area contributed by atoms with Gasteiger partial charge in [-0.05, 0) is 12.8 Å². The lowest BCUT2D eigenvalue weighted by Gasteiger charge is -2.31. The van der Waals surface area contributed by atoms with Gasteiger partial charge >= 0.3 is 0 Å². The van der Waals surface area contributed by atoms with Crippen molar-refractivity contribution in [3.05, 3.63) is 0 Å². The Labute approximate surface area is 246 Å². The van der Waals surface area contributed by atoms with Crippen LogP contribution in [0, 0.1) is 0 Å². The third-order valence-electron chi connectivity index (χ3n) is 9.16. The second kappa shape index (κ2) is 30.4. The molecule has 39 heavy (non-hydrogen) atoms. The first kappa shape index (κ1) is 38.4. The maximum absolute atomic E-state index is 12.1. The van der Waals surface area contributed by atoms with Crippen molar-refractivity contribution >= 4 is 5.97 Å². The summed E-state index contributed by atoms with van der Waals surface area (Å²) < 4.78 is 0. The van der Waals surface area contributed by atoms with Gasteiger partial charge in [-0.15, -0.1) is 0 Å². The van der Waals surface area contributed by atoms with Gasteiger partial charge in [0.25, 0.3) is 0 Å². The maximum Gasteiger partial charge on any atom is 0.136 e. The molecule has 0 amide bonds. The first-order valence-corrected chi connectivity index (χ1v) is 18.1. The van der Waals surface area contributed by atoms with Gasteiger partial charge in [0.2, 0.25) is 0 Å². The highest BCUT2D eigenvalue weighted by atomic mass is 16.4. The minimum Gasteiger partial charge on any atom is -0.544 e. The number of carboxylic acids is 1. The fourth-order valence-electron chi connectivity index (χ4n) is 6.18. The molecule has 0 heterocycles. The first-order chi connectivity index (χ1) is 19.1. The van der Waals surface area contributed by atoms with Crippen molar-refractivity contribution in [1.82, 2.24) is 0 Å². The predicted octanol–water partition coefficient (Wildman–Crippen LogP) is 9.80. The number of carboxylic acid groups (broad SMARTS) is 1. The summed E-state index contributed by atoms with van der Waals surface area (Å²) in [5.41, 5.74) is -0.701. The van der Waals surface area contributed by atoms with Crippen molar-refractivity contribution in [1.29, 1.82) is 0 Å². The van der Waals surface area contributed by atoms with E-state index in [0.29, 0.717) is 0 Å². The number of hydrogen-bond donors (Lipinski definition) is 1. The van der Waals surface area contributed by atoms with E-state index in [9.17, 15) is 9.90 Å². The first-order valence-electron chi connectivity index (χ1n) is 18.1. The Morgan fingerprint density at radius 3 is 0.821 bits per heavy atom. The van der Waals surface area contributed by atoms with Crippen LogP contribution in [0.4, 0.5) is 0 Å². The molecule has 0 spiro atoms. The predicted molar refractivity (Wildman–Crippen MR) is 170 cm³/mol. The van der Waals surface area contributed by atoms with Crippen molar-refractivity contribution in [3.8, 4) is 0 Å². The average Bonchev–Trinajstić information content (AvgIpc) is 2.94. The lowest BCUT2D eigenvalue weighted by molar-refractivity contribution is -0.698. The highest BCUT2D eigenvalue weighted by molar-refractivity contribution is 5.74. The summed E-state index contributed by atoms with van der Waals surface area (Å²) in [5.74, 6) is -0.843. The molecule has 3 heteroatoms. The molecule has 0 aromatic carbocycles. The summed E-state index contributed by atoms with van der Waals surface area (Å²) in [7, 11) is 1.94. The van der Waals surface area contributed by atoms with E-state index in [2.05, 4.69) is 13.8 Å². The van der Waals surface area contributed by atoms with Crippen LogP contribution >= 0.6 is 0 Å². The second-order valence-corrected chi connectivity index (χ2v) is 12.8. The van der Waals surface area contributed by atoms with Crippen LogP contribution < -0.4 is 10.4 Å². The Morgan fingerprint density at radius 2 is 0.641 bits per heavy atom. The molecule has 0 aromatic rings. The molecule has 0 aliphatic rings. The molecule has 0 saturated heterocycles.